The van der Waals surface area contributed by atoms with E-state index in [2.05, 4.69) is 62.5 Å². The molecular formula is C52H95NO5. The number of ether oxygens (including phenoxy) is 1. The molecular weight excluding hydrogens is 719 g/mol. The molecule has 0 saturated carbocycles. The highest BCUT2D eigenvalue weighted by Gasteiger charge is 2.23. The van der Waals surface area contributed by atoms with Crippen LogP contribution >= 0.6 is 0 Å². The van der Waals surface area contributed by atoms with Gasteiger partial charge in [0.15, 0.2) is 0 Å². The number of hydrogen-bond donors (Lipinski definition) is 3. The van der Waals surface area contributed by atoms with E-state index in [9.17, 15) is 19.8 Å². The Labute approximate surface area is 359 Å². The molecule has 0 radical (unpaired) electrons. The molecule has 3 atom stereocenters. The number of amides is 1. The average molecular weight is 814 g/mol. The summed E-state index contributed by atoms with van der Waals surface area (Å²) in [5.41, 5.74) is 0. The minimum Gasteiger partial charge on any atom is -0.458 e. The van der Waals surface area contributed by atoms with Crippen molar-refractivity contribution >= 4 is 11.9 Å². The fourth-order valence-corrected chi connectivity index (χ4v) is 7.33. The minimum absolute atomic E-state index is 0.0389. The predicted molar refractivity (Wildman–Crippen MR) is 250 cm³/mol. The quantitative estimate of drug-likeness (QED) is 0.0246. The summed E-state index contributed by atoms with van der Waals surface area (Å²) in [6.07, 6.45) is 54.9. The van der Waals surface area contributed by atoms with Crippen LogP contribution in [0.15, 0.2) is 48.6 Å². The molecule has 3 unspecified atom stereocenters. The molecule has 0 aromatic carbocycles. The first-order valence-corrected chi connectivity index (χ1v) is 24.9. The Morgan fingerprint density at radius 3 is 1.45 bits per heavy atom. The van der Waals surface area contributed by atoms with Crippen molar-refractivity contribution in [3.05, 3.63) is 48.6 Å². The van der Waals surface area contributed by atoms with Crippen LogP contribution in [0.4, 0.5) is 0 Å². The molecule has 0 saturated heterocycles. The number of carbonyl (C=O) groups excluding carboxylic acids is 2. The van der Waals surface area contributed by atoms with Crippen LogP contribution in [0.3, 0.4) is 0 Å². The largest absolute Gasteiger partial charge is 0.458 e. The molecule has 1 amide bonds. The van der Waals surface area contributed by atoms with Crippen LogP contribution in [-0.4, -0.2) is 46.9 Å². The smallest absolute Gasteiger partial charge is 0.306 e. The van der Waals surface area contributed by atoms with Crippen LogP contribution in [0, 0.1) is 0 Å². The van der Waals surface area contributed by atoms with Crippen LogP contribution in [0.25, 0.3) is 0 Å². The van der Waals surface area contributed by atoms with E-state index in [-0.39, 0.29) is 24.9 Å². The summed E-state index contributed by atoms with van der Waals surface area (Å²) in [7, 11) is 0. The highest BCUT2D eigenvalue weighted by atomic mass is 16.5. The van der Waals surface area contributed by atoms with Gasteiger partial charge >= 0.3 is 5.97 Å². The first-order valence-electron chi connectivity index (χ1n) is 24.9. The number of esters is 1. The number of carbonyl (C=O) groups is 2. The second kappa shape index (κ2) is 45.9. The van der Waals surface area contributed by atoms with Crippen molar-refractivity contribution in [3.63, 3.8) is 0 Å². The van der Waals surface area contributed by atoms with Crippen molar-refractivity contribution in [2.24, 2.45) is 0 Å². The number of allylic oxidation sites excluding steroid dienone is 7. The Morgan fingerprint density at radius 1 is 0.534 bits per heavy atom. The topological polar surface area (TPSA) is 95.9 Å². The first kappa shape index (κ1) is 55.8. The summed E-state index contributed by atoms with van der Waals surface area (Å²) in [6, 6.07) is -0.736. The van der Waals surface area contributed by atoms with Crippen LogP contribution in [-0.2, 0) is 14.3 Å². The maximum Gasteiger partial charge on any atom is 0.306 e. The van der Waals surface area contributed by atoms with Gasteiger partial charge in [-0.15, -0.1) is 0 Å². The zero-order valence-electron chi connectivity index (χ0n) is 38.4. The summed E-state index contributed by atoms with van der Waals surface area (Å²) in [6.45, 7) is 6.42. The lowest BCUT2D eigenvalue weighted by molar-refractivity contribution is -0.148. The molecule has 0 fully saturated rings. The number of aliphatic hydroxyl groups is 2. The molecule has 338 valence electrons. The molecule has 0 rings (SSSR count). The lowest BCUT2D eigenvalue weighted by Crippen LogP contribution is -2.46. The second-order valence-electron chi connectivity index (χ2n) is 16.9. The van der Waals surface area contributed by atoms with E-state index in [0.717, 1.165) is 57.8 Å². The summed E-state index contributed by atoms with van der Waals surface area (Å²) < 4.78 is 5.80. The van der Waals surface area contributed by atoms with Gasteiger partial charge in [-0.1, -0.05) is 217 Å². The van der Waals surface area contributed by atoms with E-state index in [1.807, 2.05) is 12.2 Å². The maximum absolute atomic E-state index is 13.1. The van der Waals surface area contributed by atoms with Crippen molar-refractivity contribution in [2.45, 2.75) is 264 Å². The molecule has 6 heteroatoms. The van der Waals surface area contributed by atoms with E-state index in [4.69, 9.17) is 4.74 Å². The van der Waals surface area contributed by atoms with Crippen LogP contribution < -0.4 is 5.32 Å². The molecule has 0 spiro atoms. The molecule has 0 bridgehead atoms. The summed E-state index contributed by atoms with van der Waals surface area (Å²) in [5.74, 6) is -0.632. The summed E-state index contributed by atoms with van der Waals surface area (Å²) in [5, 5.41) is 23.6. The molecule has 0 aliphatic rings. The van der Waals surface area contributed by atoms with Crippen LogP contribution in [0.5, 0.6) is 0 Å². The zero-order valence-corrected chi connectivity index (χ0v) is 38.4. The predicted octanol–water partition coefficient (Wildman–Crippen LogP) is 14.7. The van der Waals surface area contributed by atoms with Crippen LogP contribution in [0.2, 0.25) is 0 Å². The van der Waals surface area contributed by atoms with Gasteiger partial charge in [0.1, 0.15) is 6.10 Å². The highest BCUT2D eigenvalue weighted by molar-refractivity contribution is 5.78. The number of unbranched alkanes of at least 4 members (excludes halogenated alkanes) is 27. The third kappa shape index (κ3) is 40.6. The van der Waals surface area contributed by atoms with Gasteiger partial charge in [-0.05, 0) is 63.9 Å². The van der Waals surface area contributed by atoms with Gasteiger partial charge in [-0.2, -0.15) is 0 Å². The third-order valence-electron chi connectivity index (χ3n) is 11.2. The SMILES string of the molecule is CCCCCCCC/C=C\C/C=C/C(CC(=O)NC(CO)C(O)CCCCCCCCCCCCCC)OC(=O)CCCCC/C=C/C=C/CCCCCCCCC. The van der Waals surface area contributed by atoms with Gasteiger partial charge in [-0.25, -0.2) is 0 Å². The van der Waals surface area contributed by atoms with Crippen molar-refractivity contribution in [3.8, 4) is 0 Å². The van der Waals surface area contributed by atoms with Gasteiger partial charge in [0.2, 0.25) is 5.91 Å². The fourth-order valence-electron chi connectivity index (χ4n) is 7.33. The number of rotatable bonds is 44. The Kier molecular flexibility index (Phi) is 44.2. The van der Waals surface area contributed by atoms with Gasteiger partial charge in [0.25, 0.3) is 0 Å². The minimum atomic E-state index is -0.814. The van der Waals surface area contributed by atoms with E-state index in [0.29, 0.717) is 19.3 Å². The summed E-state index contributed by atoms with van der Waals surface area (Å²) >= 11 is 0. The van der Waals surface area contributed by atoms with Crippen molar-refractivity contribution in [1.29, 1.82) is 0 Å². The molecule has 0 aliphatic heterocycles. The normalized spacial score (nSPS) is 13.7. The fraction of sp³-hybridized carbons (Fsp3) is 0.808. The van der Waals surface area contributed by atoms with Crippen molar-refractivity contribution in [1.82, 2.24) is 5.32 Å². The van der Waals surface area contributed by atoms with Gasteiger partial charge in [0, 0.05) is 6.42 Å². The van der Waals surface area contributed by atoms with E-state index < -0.39 is 18.2 Å². The van der Waals surface area contributed by atoms with E-state index in [1.54, 1.807) is 0 Å². The zero-order chi connectivity index (χ0) is 42.4. The van der Waals surface area contributed by atoms with Crippen molar-refractivity contribution < 1.29 is 24.5 Å². The Morgan fingerprint density at radius 2 is 0.966 bits per heavy atom. The molecule has 0 aromatic rings. The lowest BCUT2D eigenvalue weighted by atomic mass is 10.0. The Bertz CT molecular complexity index is 1000. The molecule has 6 nitrogen and oxygen atoms in total. The summed E-state index contributed by atoms with van der Waals surface area (Å²) in [4.78, 5) is 26.0. The number of aliphatic hydroxyl groups excluding tert-OH is 2. The monoisotopic (exact) mass is 814 g/mol. The average Bonchev–Trinajstić information content (AvgIpc) is 3.22. The highest BCUT2D eigenvalue weighted by Crippen LogP contribution is 2.15. The maximum atomic E-state index is 13.1. The lowest BCUT2D eigenvalue weighted by Gasteiger charge is -2.23. The van der Waals surface area contributed by atoms with Crippen LogP contribution in [0.1, 0.15) is 245 Å². The number of hydrogen-bond acceptors (Lipinski definition) is 5. The van der Waals surface area contributed by atoms with E-state index >= 15 is 0 Å². The Hall–Kier alpha value is -2.18. The van der Waals surface area contributed by atoms with Crippen molar-refractivity contribution in [2.75, 3.05) is 6.61 Å². The van der Waals surface area contributed by atoms with Gasteiger partial charge in [0.05, 0.1) is 25.2 Å². The third-order valence-corrected chi connectivity index (χ3v) is 11.2. The van der Waals surface area contributed by atoms with E-state index in [1.165, 1.54) is 141 Å². The second-order valence-corrected chi connectivity index (χ2v) is 16.9. The molecule has 58 heavy (non-hydrogen) atoms. The molecule has 0 heterocycles. The first-order chi connectivity index (χ1) is 28.5. The standard InChI is InChI=1S/C52H95NO5/c1-4-7-10-13-16-19-22-24-25-26-27-30-33-36-39-42-45-52(57)58-48(43-40-37-34-31-28-21-18-15-12-9-6-3)46-51(56)53-49(47-54)50(55)44-41-38-35-32-29-23-20-17-14-11-8-5-2/h25-27,30-31,34,40,43,48-50,54-55H,4-24,28-29,32-33,35-39,41-42,44-47H2,1-3H3,(H,53,56)/b26-25+,30-27+,34-31-,43-40+. The van der Waals surface area contributed by atoms with Gasteiger partial charge < -0.3 is 20.3 Å². The number of nitrogens with one attached hydrogen (secondary N) is 1. The Balaban J connectivity index is 4.67. The molecule has 0 aliphatic carbocycles. The molecule has 3 N–H and O–H groups in total. The molecule has 0 aromatic heterocycles. The van der Waals surface area contributed by atoms with Gasteiger partial charge in [-0.3, -0.25) is 9.59 Å².